The van der Waals surface area contributed by atoms with Gasteiger partial charge < -0.3 is 10.3 Å². The molecule has 1 aromatic carbocycles. The molecule has 0 amide bonds. The van der Waals surface area contributed by atoms with Crippen molar-refractivity contribution in [2.45, 2.75) is 6.92 Å². The molecule has 0 spiro atoms. The van der Waals surface area contributed by atoms with E-state index in [1.807, 2.05) is 30.5 Å². The number of benzene rings is 1. The number of anilines is 1. The molecule has 90 valence electrons. The van der Waals surface area contributed by atoms with Crippen molar-refractivity contribution in [2.24, 2.45) is 0 Å². The van der Waals surface area contributed by atoms with Gasteiger partial charge in [-0.3, -0.25) is 0 Å². The van der Waals surface area contributed by atoms with E-state index < -0.39 is 0 Å². The van der Waals surface area contributed by atoms with Crippen LogP contribution in [0.1, 0.15) is 6.92 Å². The quantitative estimate of drug-likeness (QED) is 0.737. The first-order chi connectivity index (χ1) is 8.90. The molecule has 2 N–H and O–H groups in total. The predicted molar refractivity (Wildman–Crippen MR) is 73.5 cm³/mol. The second-order valence-corrected chi connectivity index (χ2v) is 4.06. The number of H-pyrrole nitrogens is 1. The molecule has 4 heteroatoms. The SMILES string of the molecule is CCNc1nnc(-c2ccc[nH]2)c2ccccc12. The summed E-state index contributed by atoms with van der Waals surface area (Å²) < 4.78 is 0. The van der Waals surface area contributed by atoms with Gasteiger partial charge in [0.2, 0.25) is 0 Å². The molecular formula is C14H14N4. The van der Waals surface area contributed by atoms with E-state index in [0.29, 0.717) is 0 Å². The van der Waals surface area contributed by atoms with Gasteiger partial charge in [0.1, 0.15) is 5.69 Å². The van der Waals surface area contributed by atoms with Gasteiger partial charge in [-0.15, -0.1) is 10.2 Å². The molecule has 0 bridgehead atoms. The number of aromatic amines is 1. The fourth-order valence-electron chi connectivity index (χ4n) is 2.08. The van der Waals surface area contributed by atoms with Crippen LogP contribution >= 0.6 is 0 Å². The van der Waals surface area contributed by atoms with E-state index in [2.05, 4.69) is 39.6 Å². The zero-order chi connectivity index (χ0) is 12.4. The summed E-state index contributed by atoms with van der Waals surface area (Å²) >= 11 is 0. The van der Waals surface area contributed by atoms with Gasteiger partial charge in [0.05, 0.1) is 5.69 Å². The smallest absolute Gasteiger partial charge is 0.156 e. The first-order valence-corrected chi connectivity index (χ1v) is 6.03. The van der Waals surface area contributed by atoms with Crippen LogP contribution in [0.4, 0.5) is 5.82 Å². The molecule has 0 aliphatic heterocycles. The van der Waals surface area contributed by atoms with Crippen molar-refractivity contribution >= 4 is 16.6 Å². The molecule has 0 aliphatic carbocycles. The lowest BCUT2D eigenvalue weighted by Gasteiger charge is -2.08. The largest absolute Gasteiger partial charge is 0.368 e. The van der Waals surface area contributed by atoms with Crippen molar-refractivity contribution in [1.82, 2.24) is 15.2 Å². The van der Waals surface area contributed by atoms with Crippen LogP contribution in [0, 0.1) is 0 Å². The number of hydrogen-bond donors (Lipinski definition) is 2. The summed E-state index contributed by atoms with van der Waals surface area (Å²) in [5, 5.41) is 14.0. The molecule has 0 aliphatic rings. The zero-order valence-electron chi connectivity index (χ0n) is 10.1. The van der Waals surface area contributed by atoms with E-state index in [1.54, 1.807) is 0 Å². The number of aromatic nitrogens is 3. The average Bonchev–Trinajstić information content (AvgIpc) is 2.93. The molecule has 0 saturated carbocycles. The van der Waals surface area contributed by atoms with Gasteiger partial charge >= 0.3 is 0 Å². The molecule has 3 rings (SSSR count). The van der Waals surface area contributed by atoms with E-state index in [9.17, 15) is 0 Å². The minimum atomic E-state index is 0.834. The Morgan fingerprint density at radius 3 is 2.61 bits per heavy atom. The molecule has 18 heavy (non-hydrogen) atoms. The lowest BCUT2D eigenvalue weighted by molar-refractivity contribution is 1.03. The third kappa shape index (κ3) is 1.72. The van der Waals surface area contributed by atoms with Crippen LogP contribution in [-0.2, 0) is 0 Å². The zero-order valence-corrected chi connectivity index (χ0v) is 10.1. The standard InChI is InChI=1S/C14H14N4/c1-2-15-14-11-7-4-3-6-10(11)13(17-18-14)12-8-5-9-16-12/h3-9,16H,2H2,1H3,(H,15,18). The van der Waals surface area contributed by atoms with Crippen LogP contribution in [0.5, 0.6) is 0 Å². The van der Waals surface area contributed by atoms with Crippen molar-refractivity contribution in [1.29, 1.82) is 0 Å². The van der Waals surface area contributed by atoms with Gasteiger partial charge in [-0.05, 0) is 19.1 Å². The van der Waals surface area contributed by atoms with Gasteiger partial charge in [-0.25, -0.2) is 0 Å². The fourth-order valence-corrected chi connectivity index (χ4v) is 2.08. The summed E-state index contributed by atoms with van der Waals surface area (Å²) in [5.41, 5.74) is 1.87. The highest BCUT2D eigenvalue weighted by atomic mass is 15.2. The van der Waals surface area contributed by atoms with Gasteiger partial charge in [0.25, 0.3) is 0 Å². The Balaban J connectivity index is 2.26. The Morgan fingerprint density at radius 2 is 1.89 bits per heavy atom. The first-order valence-electron chi connectivity index (χ1n) is 6.03. The van der Waals surface area contributed by atoms with Crippen LogP contribution < -0.4 is 5.32 Å². The fraction of sp³-hybridized carbons (Fsp3) is 0.143. The number of hydrogen-bond acceptors (Lipinski definition) is 3. The second kappa shape index (κ2) is 4.49. The van der Waals surface area contributed by atoms with Gasteiger partial charge in [0, 0.05) is 23.5 Å². The summed E-state index contributed by atoms with van der Waals surface area (Å²) in [6, 6.07) is 12.1. The highest BCUT2D eigenvalue weighted by molar-refractivity contribution is 5.99. The molecule has 0 radical (unpaired) electrons. The maximum absolute atomic E-state index is 4.32. The molecule has 4 nitrogen and oxygen atoms in total. The maximum atomic E-state index is 4.32. The number of nitrogens with one attached hydrogen (secondary N) is 2. The average molecular weight is 238 g/mol. The molecule has 0 atom stereocenters. The lowest BCUT2D eigenvalue weighted by atomic mass is 10.1. The Hall–Kier alpha value is -2.36. The highest BCUT2D eigenvalue weighted by Crippen LogP contribution is 2.28. The van der Waals surface area contributed by atoms with Crippen molar-refractivity contribution in [3.8, 4) is 11.4 Å². The van der Waals surface area contributed by atoms with Crippen molar-refractivity contribution < 1.29 is 0 Å². The van der Waals surface area contributed by atoms with E-state index in [1.165, 1.54) is 0 Å². The molecule has 2 heterocycles. The van der Waals surface area contributed by atoms with E-state index in [0.717, 1.165) is 34.5 Å². The number of fused-ring (bicyclic) bond motifs is 1. The monoisotopic (exact) mass is 238 g/mol. The third-order valence-corrected chi connectivity index (χ3v) is 2.88. The summed E-state index contributed by atoms with van der Waals surface area (Å²) in [6.45, 7) is 2.88. The minimum absolute atomic E-state index is 0.834. The van der Waals surface area contributed by atoms with Crippen LogP contribution in [-0.4, -0.2) is 21.7 Å². The summed E-state index contributed by atoms with van der Waals surface area (Å²) in [4.78, 5) is 3.17. The summed E-state index contributed by atoms with van der Waals surface area (Å²) in [5.74, 6) is 0.836. The van der Waals surface area contributed by atoms with Gasteiger partial charge in [-0.1, -0.05) is 24.3 Å². The minimum Gasteiger partial charge on any atom is -0.368 e. The predicted octanol–water partition coefficient (Wildman–Crippen LogP) is 3.06. The first kappa shape index (κ1) is 10.8. The van der Waals surface area contributed by atoms with E-state index in [4.69, 9.17) is 0 Å². The topological polar surface area (TPSA) is 53.6 Å². The molecule has 0 unspecified atom stereocenters. The van der Waals surface area contributed by atoms with Crippen LogP contribution in [0.3, 0.4) is 0 Å². The molecule has 0 saturated heterocycles. The Kier molecular flexibility index (Phi) is 2.68. The van der Waals surface area contributed by atoms with Crippen LogP contribution in [0.25, 0.3) is 22.2 Å². The molecular weight excluding hydrogens is 224 g/mol. The van der Waals surface area contributed by atoms with Crippen LogP contribution in [0.15, 0.2) is 42.6 Å². The molecule has 3 aromatic rings. The number of nitrogens with zero attached hydrogens (tertiary/aromatic N) is 2. The normalized spacial score (nSPS) is 10.7. The van der Waals surface area contributed by atoms with E-state index in [-0.39, 0.29) is 0 Å². The van der Waals surface area contributed by atoms with E-state index >= 15 is 0 Å². The van der Waals surface area contributed by atoms with Gasteiger partial charge in [0.15, 0.2) is 5.82 Å². The van der Waals surface area contributed by atoms with Crippen LogP contribution in [0.2, 0.25) is 0 Å². The number of rotatable bonds is 3. The third-order valence-electron chi connectivity index (χ3n) is 2.88. The molecule has 2 aromatic heterocycles. The van der Waals surface area contributed by atoms with Gasteiger partial charge in [-0.2, -0.15) is 0 Å². The van der Waals surface area contributed by atoms with Crippen molar-refractivity contribution in [2.75, 3.05) is 11.9 Å². The summed E-state index contributed by atoms with van der Waals surface area (Å²) in [7, 11) is 0. The highest BCUT2D eigenvalue weighted by Gasteiger charge is 2.10. The Morgan fingerprint density at radius 1 is 1.06 bits per heavy atom. The lowest BCUT2D eigenvalue weighted by Crippen LogP contribution is -2.02. The second-order valence-electron chi connectivity index (χ2n) is 4.06. The summed E-state index contributed by atoms with van der Waals surface area (Å²) in [6.07, 6.45) is 1.89. The molecule has 0 fully saturated rings. The Bertz CT molecular complexity index is 659. The maximum Gasteiger partial charge on any atom is 0.156 e. The Labute approximate surface area is 105 Å². The van der Waals surface area contributed by atoms with Crippen molar-refractivity contribution in [3.63, 3.8) is 0 Å². The van der Waals surface area contributed by atoms with Crippen molar-refractivity contribution in [3.05, 3.63) is 42.6 Å².